The van der Waals surface area contributed by atoms with Crippen molar-refractivity contribution < 1.29 is 4.79 Å². The Hall–Kier alpha value is -2.30. The average Bonchev–Trinajstić information content (AvgIpc) is 2.80. The molecular weight excluding hydrogens is 240 g/mol. The van der Waals surface area contributed by atoms with Crippen LogP contribution in [0.3, 0.4) is 0 Å². The lowest BCUT2D eigenvalue weighted by atomic mass is 10.2. The van der Waals surface area contributed by atoms with Gasteiger partial charge < -0.3 is 9.88 Å². The third kappa shape index (κ3) is 4.13. The third-order valence-corrected chi connectivity index (χ3v) is 2.66. The SMILES string of the molecule is Cc1cc(C)nc(NC(=O)NCCn2cccc2)c1. The van der Waals surface area contributed by atoms with Crippen LogP contribution >= 0.6 is 0 Å². The van der Waals surface area contributed by atoms with Crippen molar-refractivity contribution in [2.75, 3.05) is 11.9 Å². The van der Waals surface area contributed by atoms with Gasteiger partial charge in [0.1, 0.15) is 5.82 Å². The van der Waals surface area contributed by atoms with Crippen molar-refractivity contribution in [3.63, 3.8) is 0 Å². The molecule has 0 aliphatic rings. The molecule has 5 heteroatoms. The van der Waals surface area contributed by atoms with Gasteiger partial charge in [0.25, 0.3) is 0 Å². The quantitative estimate of drug-likeness (QED) is 0.884. The molecular formula is C14H18N4O. The topological polar surface area (TPSA) is 59.0 Å². The molecule has 0 saturated heterocycles. The van der Waals surface area contributed by atoms with Gasteiger partial charge in [-0.1, -0.05) is 0 Å². The van der Waals surface area contributed by atoms with Crippen LogP contribution in [0, 0.1) is 13.8 Å². The highest BCUT2D eigenvalue weighted by Gasteiger charge is 2.03. The zero-order chi connectivity index (χ0) is 13.7. The number of nitrogens with zero attached hydrogens (tertiary/aromatic N) is 2. The molecule has 0 spiro atoms. The molecule has 0 unspecified atom stereocenters. The number of hydrogen-bond acceptors (Lipinski definition) is 2. The Kier molecular flexibility index (Phi) is 4.18. The minimum Gasteiger partial charge on any atom is -0.353 e. The van der Waals surface area contributed by atoms with E-state index in [0.29, 0.717) is 12.4 Å². The Morgan fingerprint density at radius 1 is 1.26 bits per heavy atom. The van der Waals surface area contributed by atoms with Crippen molar-refractivity contribution in [2.24, 2.45) is 0 Å². The summed E-state index contributed by atoms with van der Waals surface area (Å²) in [5, 5.41) is 5.53. The maximum Gasteiger partial charge on any atom is 0.320 e. The number of urea groups is 1. The minimum atomic E-state index is -0.232. The first-order valence-electron chi connectivity index (χ1n) is 6.24. The molecule has 0 radical (unpaired) electrons. The summed E-state index contributed by atoms with van der Waals surface area (Å²) in [7, 11) is 0. The number of amides is 2. The normalized spacial score (nSPS) is 10.2. The molecule has 0 aromatic carbocycles. The van der Waals surface area contributed by atoms with Crippen molar-refractivity contribution in [1.82, 2.24) is 14.9 Å². The van der Waals surface area contributed by atoms with E-state index >= 15 is 0 Å². The zero-order valence-electron chi connectivity index (χ0n) is 11.2. The molecule has 2 rings (SSSR count). The van der Waals surface area contributed by atoms with Gasteiger partial charge in [-0.3, -0.25) is 5.32 Å². The fraction of sp³-hybridized carbons (Fsp3) is 0.286. The lowest BCUT2D eigenvalue weighted by molar-refractivity contribution is 0.251. The van der Waals surface area contributed by atoms with Crippen LogP contribution in [-0.2, 0) is 6.54 Å². The van der Waals surface area contributed by atoms with E-state index < -0.39 is 0 Å². The maximum atomic E-state index is 11.7. The number of nitrogens with one attached hydrogen (secondary N) is 2. The molecule has 2 amide bonds. The Labute approximate surface area is 112 Å². The van der Waals surface area contributed by atoms with E-state index in [0.717, 1.165) is 17.8 Å². The van der Waals surface area contributed by atoms with E-state index in [1.54, 1.807) is 0 Å². The molecule has 2 heterocycles. The maximum absolute atomic E-state index is 11.7. The van der Waals surface area contributed by atoms with Crippen molar-refractivity contribution >= 4 is 11.8 Å². The van der Waals surface area contributed by atoms with Crippen LogP contribution in [0.1, 0.15) is 11.3 Å². The molecule has 0 fully saturated rings. The summed E-state index contributed by atoms with van der Waals surface area (Å²) < 4.78 is 2.01. The number of carbonyl (C=O) groups is 1. The predicted molar refractivity (Wildman–Crippen MR) is 75.2 cm³/mol. The van der Waals surface area contributed by atoms with E-state index in [-0.39, 0.29) is 6.03 Å². The molecule has 0 atom stereocenters. The molecule has 2 aromatic rings. The number of pyridine rings is 1. The van der Waals surface area contributed by atoms with Crippen molar-refractivity contribution in [3.8, 4) is 0 Å². The van der Waals surface area contributed by atoms with Crippen LogP contribution in [0.25, 0.3) is 0 Å². The monoisotopic (exact) mass is 258 g/mol. The van der Waals surface area contributed by atoms with Gasteiger partial charge in [-0.15, -0.1) is 0 Å². The van der Waals surface area contributed by atoms with E-state index in [1.807, 2.05) is 55.1 Å². The Bertz CT molecular complexity index is 528. The zero-order valence-corrected chi connectivity index (χ0v) is 11.2. The van der Waals surface area contributed by atoms with Gasteiger partial charge in [-0.05, 0) is 43.7 Å². The van der Waals surface area contributed by atoms with Gasteiger partial charge in [0, 0.05) is 31.2 Å². The lowest BCUT2D eigenvalue weighted by Gasteiger charge is -2.08. The average molecular weight is 258 g/mol. The summed E-state index contributed by atoms with van der Waals surface area (Å²) in [6.45, 7) is 5.21. The van der Waals surface area contributed by atoms with E-state index in [4.69, 9.17) is 0 Å². The largest absolute Gasteiger partial charge is 0.353 e. The highest BCUT2D eigenvalue weighted by atomic mass is 16.2. The van der Waals surface area contributed by atoms with Gasteiger partial charge in [0.05, 0.1) is 0 Å². The Balaban J connectivity index is 1.80. The fourth-order valence-electron chi connectivity index (χ4n) is 1.88. The summed E-state index contributed by atoms with van der Waals surface area (Å²) in [4.78, 5) is 15.9. The number of carbonyl (C=O) groups excluding carboxylic acids is 1. The van der Waals surface area contributed by atoms with Gasteiger partial charge in [0.2, 0.25) is 0 Å². The summed E-state index contributed by atoms with van der Waals surface area (Å²) >= 11 is 0. The smallest absolute Gasteiger partial charge is 0.320 e. The van der Waals surface area contributed by atoms with Gasteiger partial charge in [-0.25, -0.2) is 9.78 Å². The second kappa shape index (κ2) is 6.04. The number of anilines is 1. The molecule has 0 saturated carbocycles. The number of aromatic nitrogens is 2. The van der Waals surface area contributed by atoms with Crippen LogP contribution in [0.5, 0.6) is 0 Å². The van der Waals surface area contributed by atoms with Gasteiger partial charge >= 0.3 is 6.03 Å². The number of rotatable bonds is 4. The van der Waals surface area contributed by atoms with Gasteiger partial charge in [-0.2, -0.15) is 0 Å². The van der Waals surface area contributed by atoms with E-state index in [2.05, 4.69) is 15.6 Å². The fourth-order valence-corrected chi connectivity index (χ4v) is 1.88. The first kappa shape index (κ1) is 13.1. The highest BCUT2D eigenvalue weighted by Crippen LogP contribution is 2.08. The summed E-state index contributed by atoms with van der Waals surface area (Å²) in [6.07, 6.45) is 3.93. The molecule has 2 N–H and O–H groups in total. The minimum absolute atomic E-state index is 0.232. The molecule has 19 heavy (non-hydrogen) atoms. The summed E-state index contributed by atoms with van der Waals surface area (Å²) in [5.74, 6) is 0.580. The first-order valence-corrected chi connectivity index (χ1v) is 6.24. The van der Waals surface area contributed by atoms with Crippen LogP contribution < -0.4 is 10.6 Å². The summed E-state index contributed by atoms with van der Waals surface area (Å²) in [5.41, 5.74) is 1.97. The molecule has 0 aliphatic carbocycles. The first-order chi connectivity index (χ1) is 9.13. The molecule has 100 valence electrons. The molecule has 0 aliphatic heterocycles. The molecule has 5 nitrogen and oxygen atoms in total. The number of hydrogen-bond donors (Lipinski definition) is 2. The molecule has 0 bridgehead atoms. The van der Waals surface area contributed by atoms with Crippen LogP contribution in [0.15, 0.2) is 36.7 Å². The standard InChI is InChI=1S/C14H18N4O/c1-11-9-12(2)16-13(10-11)17-14(19)15-5-8-18-6-3-4-7-18/h3-4,6-7,9-10H,5,8H2,1-2H3,(H2,15,16,17,19). The highest BCUT2D eigenvalue weighted by molar-refractivity contribution is 5.88. The van der Waals surface area contributed by atoms with Crippen molar-refractivity contribution in [1.29, 1.82) is 0 Å². The number of aryl methyl sites for hydroxylation is 2. The Morgan fingerprint density at radius 3 is 2.68 bits per heavy atom. The molecule has 2 aromatic heterocycles. The van der Waals surface area contributed by atoms with Crippen LogP contribution in [-0.4, -0.2) is 22.1 Å². The van der Waals surface area contributed by atoms with Crippen molar-refractivity contribution in [3.05, 3.63) is 47.9 Å². The second-order valence-corrected chi connectivity index (χ2v) is 4.47. The second-order valence-electron chi connectivity index (χ2n) is 4.47. The van der Waals surface area contributed by atoms with Crippen LogP contribution in [0.2, 0.25) is 0 Å². The van der Waals surface area contributed by atoms with Crippen LogP contribution in [0.4, 0.5) is 10.6 Å². The van der Waals surface area contributed by atoms with E-state index in [1.165, 1.54) is 0 Å². The van der Waals surface area contributed by atoms with Crippen molar-refractivity contribution in [2.45, 2.75) is 20.4 Å². The third-order valence-electron chi connectivity index (χ3n) is 2.66. The van der Waals surface area contributed by atoms with E-state index in [9.17, 15) is 4.79 Å². The predicted octanol–water partition coefficient (Wildman–Crippen LogP) is 2.32. The van der Waals surface area contributed by atoms with Gasteiger partial charge in [0.15, 0.2) is 0 Å². The Morgan fingerprint density at radius 2 is 2.00 bits per heavy atom. The lowest BCUT2D eigenvalue weighted by Crippen LogP contribution is -2.31. The summed E-state index contributed by atoms with van der Waals surface area (Å²) in [6, 6.07) is 7.50.